The standard InChI is InChI=1S/C16H12N4O4/c21-15-6-5-11(7-16(15)22)8-17-18-9-12-10-19(23)13-3-1-2-4-14(13)20(12)24/h1-10,23-24H/b17-8-,18-9-. The first-order valence-electron chi connectivity index (χ1n) is 6.89. The largest absolute Gasteiger partial charge is 0.286 e. The van der Waals surface area contributed by atoms with E-state index in [-0.39, 0.29) is 5.70 Å². The third kappa shape index (κ3) is 3.05. The maximum absolute atomic E-state index is 11.2. The Morgan fingerprint density at radius 2 is 1.62 bits per heavy atom. The molecule has 0 radical (unpaired) electrons. The van der Waals surface area contributed by atoms with E-state index in [9.17, 15) is 20.0 Å². The van der Waals surface area contributed by atoms with Crippen molar-refractivity contribution in [1.82, 2.24) is 0 Å². The van der Waals surface area contributed by atoms with E-state index in [4.69, 9.17) is 0 Å². The molecule has 0 aromatic heterocycles. The molecule has 1 aliphatic carbocycles. The maximum Gasteiger partial charge on any atom is 0.226 e. The minimum absolute atomic E-state index is 0.188. The minimum Gasteiger partial charge on any atom is -0.286 e. The number of allylic oxidation sites excluding steroid dienone is 5. The first kappa shape index (κ1) is 15.5. The van der Waals surface area contributed by atoms with Gasteiger partial charge in [0.05, 0.1) is 30.0 Å². The monoisotopic (exact) mass is 324 g/mol. The van der Waals surface area contributed by atoms with Crippen LogP contribution in [-0.2, 0) is 9.59 Å². The van der Waals surface area contributed by atoms with Gasteiger partial charge in [-0.25, -0.2) is 10.1 Å². The van der Waals surface area contributed by atoms with Crippen LogP contribution in [0.2, 0.25) is 0 Å². The van der Waals surface area contributed by atoms with Crippen molar-refractivity contribution in [3.05, 3.63) is 60.0 Å². The van der Waals surface area contributed by atoms with Crippen molar-refractivity contribution in [2.75, 3.05) is 10.1 Å². The summed E-state index contributed by atoms with van der Waals surface area (Å²) in [6.45, 7) is 0. The summed E-state index contributed by atoms with van der Waals surface area (Å²) in [6.07, 6.45) is 7.57. The molecule has 1 aliphatic heterocycles. The fraction of sp³-hybridized carbons (Fsp3) is 0. The van der Waals surface area contributed by atoms with Gasteiger partial charge in [-0.2, -0.15) is 10.2 Å². The summed E-state index contributed by atoms with van der Waals surface area (Å²) in [7, 11) is 0. The molecule has 0 bridgehead atoms. The fourth-order valence-electron chi connectivity index (χ4n) is 2.11. The Morgan fingerprint density at radius 1 is 0.917 bits per heavy atom. The molecule has 8 nitrogen and oxygen atoms in total. The molecule has 24 heavy (non-hydrogen) atoms. The lowest BCUT2D eigenvalue weighted by Crippen LogP contribution is -2.28. The Kier molecular flexibility index (Phi) is 4.15. The lowest BCUT2D eigenvalue weighted by Gasteiger charge is -2.28. The fourth-order valence-corrected chi connectivity index (χ4v) is 2.11. The second-order valence-electron chi connectivity index (χ2n) is 4.89. The van der Waals surface area contributed by atoms with Gasteiger partial charge in [0.1, 0.15) is 5.70 Å². The molecule has 0 saturated heterocycles. The van der Waals surface area contributed by atoms with Gasteiger partial charge in [0.25, 0.3) is 0 Å². The number of hydroxylamine groups is 2. The lowest BCUT2D eigenvalue weighted by atomic mass is 10.1. The van der Waals surface area contributed by atoms with Gasteiger partial charge >= 0.3 is 0 Å². The molecule has 1 aromatic carbocycles. The topological polar surface area (TPSA) is 106 Å². The van der Waals surface area contributed by atoms with Crippen LogP contribution in [0, 0.1) is 0 Å². The molecule has 0 atom stereocenters. The second-order valence-corrected chi connectivity index (χ2v) is 4.89. The molecule has 0 fully saturated rings. The zero-order valence-electron chi connectivity index (χ0n) is 12.3. The van der Waals surface area contributed by atoms with Gasteiger partial charge in [-0.05, 0) is 35.9 Å². The smallest absolute Gasteiger partial charge is 0.226 e. The van der Waals surface area contributed by atoms with Gasteiger partial charge < -0.3 is 0 Å². The van der Waals surface area contributed by atoms with E-state index >= 15 is 0 Å². The zero-order chi connectivity index (χ0) is 17.1. The first-order chi connectivity index (χ1) is 11.6. The van der Waals surface area contributed by atoms with Crippen molar-refractivity contribution in [1.29, 1.82) is 0 Å². The Labute approximate surface area is 136 Å². The summed E-state index contributed by atoms with van der Waals surface area (Å²) >= 11 is 0. The van der Waals surface area contributed by atoms with Gasteiger partial charge in [0.2, 0.25) is 11.6 Å². The van der Waals surface area contributed by atoms with Crippen LogP contribution in [-0.4, -0.2) is 34.4 Å². The van der Waals surface area contributed by atoms with Gasteiger partial charge in [-0.3, -0.25) is 20.0 Å². The Hall–Kier alpha value is -3.36. The maximum atomic E-state index is 11.2. The summed E-state index contributed by atoms with van der Waals surface area (Å²) in [4.78, 5) is 22.2. The zero-order valence-corrected chi connectivity index (χ0v) is 12.3. The minimum atomic E-state index is -0.619. The van der Waals surface area contributed by atoms with Crippen LogP contribution < -0.4 is 10.1 Å². The van der Waals surface area contributed by atoms with Crippen molar-refractivity contribution >= 4 is 35.4 Å². The SMILES string of the molecule is O=C1C=CC(/C=N\N=C/C2=CN(O)c3ccccc3N2O)=CC1=O. The molecule has 0 amide bonds. The summed E-state index contributed by atoms with van der Waals surface area (Å²) < 4.78 is 0. The quantitative estimate of drug-likeness (QED) is 0.379. The van der Waals surface area contributed by atoms with Gasteiger partial charge in [0, 0.05) is 0 Å². The van der Waals surface area contributed by atoms with Gasteiger partial charge in [-0.15, -0.1) is 0 Å². The number of anilines is 2. The summed E-state index contributed by atoms with van der Waals surface area (Å²) in [5.74, 6) is -1.20. The number of nitrogens with zero attached hydrogens (tertiary/aromatic N) is 4. The number of fused-ring (bicyclic) bond motifs is 1. The molecule has 2 N–H and O–H groups in total. The number of rotatable bonds is 3. The van der Waals surface area contributed by atoms with Crippen LogP contribution in [0.1, 0.15) is 0 Å². The molecule has 1 aromatic rings. The van der Waals surface area contributed by atoms with Crippen LogP contribution in [0.25, 0.3) is 0 Å². The molecule has 120 valence electrons. The number of ketones is 2. The predicted octanol–water partition coefficient (Wildman–Crippen LogP) is 1.62. The number of carbonyl (C=O) groups excluding carboxylic acids is 2. The average molecular weight is 324 g/mol. The molecule has 1 heterocycles. The van der Waals surface area contributed by atoms with E-state index < -0.39 is 11.6 Å². The Morgan fingerprint density at radius 3 is 2.38 bits per heavy atom. The van der Waals surface area contributed by atoms with Crippen LogP contribution in [0.3, 0.4) is 0 Å². The van der Waals surface area contributed by atoms with Crippen LogP contribution in [0.4, 0.5) is 11.4 Å². The molecule has 0 spiro atoms. The summed E-state index contributed by atoms with van der Waals surface area (Å²) in [5.41, 5.74) is 1.42. The van der Waals surface area contributed by atoms with Gasteiger partial charge in [-0.1, -0.05) is 12.1 Å². The van der Waals surface area contributed by atoms with E-state index in [0.717, 1.165) is 22.3 Å². The number of benzene rings is 1. The molecular weight excluding hydrogens is 312 g/mol. The van der Waals surface area contributed by atoms with E-state index in [2.05, 4.69) is 10.2 Å². The molecule has 0 unspecified atom stereocenters. The van der Waals surface area contributed by atoms with Crippen LogP contribution in [0.5, 0.6) is 0 Å². The van der Waals surface area contributed by atoms with Crippen molar-refractivity contribution in [2.24, 2.45) is 10.2 Å². The molecule has 3 rings (SSSR count). The number of hydrogen-bond acceptors (Lipinski definition) is 8. The van der Waals surface area contributed by atoms with Crippen molar-refractivity contribution in [3.63, 3.8) is 0 Å². The van der Waals surface area contributed by atoms with E-state index in [1.807, 2.05) is 0 Å². The number of hydrogen-bond donors (Lipinski definition) is 2. The number of carbonyl (C=O) groups is 2. The predicted molar refractivity (Wildman–Crippen MR) is 87.3 cm³/mol. The van der Waals surface area contributed by atoms with Crippen LogP contribution >= 0.6 is 0 Å². The molecule has 8 heteroatoms. The van der Waals surface area contributed by atoms with E-state index in [0.29, 0.717) is 16.9 Å². The first-order valence-corrected chi connectivity index (χ1v) is 6.89. The Bertz CT molecular complexity index is 851. The summed E-state index contributed by atoms with van der Waals surface area (Å²) in [6, 6.07) is 6.71. The lowest BCUT2D eigenvalue weighted by molar-refractivity contribution is -0.131. The molecule has 0 saturated carbocycles. The molecule has 2 aliphatic rings. The highest BCUT2D eigenvalue weighted by Crippen LogP contribution is 2.33. The Balaban J connectivity index is 1.73. The highest BCUT2D eigenvalue weighted by Gasteiger charge is 2.21. The summed E-state index contributed by atoms with van der Waals surface area (Å²) in [5, 5.41) is 29.3. The second kappa shape index (κ2) is 6.41. The molecular formula is C16H12N4O4. The number of para-hydroxylation sites is 2. The van der Waals surface area contributed by atoms with Crippen molar-refractivity contribution in [2.45, 2.75) is 0 Å². The third-order valence-corrected chi connectivity index (χ3v) is 3.29. The normalized spacial score (nSPS) is 17.6. The highest BCUT2D eigenvalue weighted by molar-refractivity contribution is 6.47. The van der Waals surface area contributed by atoms with E-state index in [1.54, 1.807) is 24.3 Å². The third-order valence-electron chi connectivity index (χ3n) is 3.29. The van der Waals surface area contributed by atoms with Gasteiger partial charge in [0.15, 0.2) is 0 Å². The average Bonchev–Trinajstić information content (AvgIpc) is 2.59. The van der Waals surface area contributed by atoms with E-state index in [1.165, 1.54) is 24.7 Å². The van der Waals surface area contributed by atoms with Crippen molar-refractivity contribution in [3.8, 4) is 0 Å². The van der Waals surface area contributed by atoms with Crippen LogP contribution in [0.15, 0.2) is 70.2 Å². The highest BCUT2D eigenvalue weighted by atomic mass is 16.5. The van der Waals surface area contributed by atoms with Crippen molar-refractivity contribution < 1.29 is 20.0 Å².